The molecule has 1 aromatic carbocycles. The first-order valence-electron chi connectivity index (χ1n) is 6.70. The Kier molecular flexibility index (Phi) is 5.51. The number of hydrogen-bond donors (Lipinski definition) is 0. The van der Waals surface area contributed by atoms with Gasteiger partial charge in [-0.05, 0) is 11.6 Å². The van der Waals surface area contributed by atoms with E-state index in [9.17, 15) is 18.8 Å². The molecule has 0 radical (unpaired) electrons. The highest BCUT2D eigenvalue weighted by Crippen LogP contribution is 2.39. The molecule has 1 aliphatic heterocycles. The van der Waals surface area contributed by atoms with E-state index in [1.165, 1.54) is 14.2 Å². The summed E-state index contributed by atoms with van der Waals surface area (Å²) < 4.78 is 24.3. The predicted octanol–water partition coefficient (Wildman–Crippen LogP) is 2.03. The van der Waals surface area contributed by atoms with E-state index in [2.05, 4.69) is 0 Å². The van der Waals surface area contributed by atoms with E-state index in [0.717, 1.165) is 11.0 Å². The fourth-order valence-corrected chi connectivity index (χ4v) is 2.77. The van der Waals surface area contributed by atoms with Crippen LogP contribution in [0.25, 0.3) is 0 Å². The summed E-state index contributed by atoms with van der Waals surface area (Å²) in [5, 5.41) is -1.10. The largest absolute Gasteiger partial charge is 0.493 e. The van der Waals surface area contributed by atoms with Crippen LogP contribution in [0.5, 0.6) is 11.5 Å². The minimum Gasteiger partial charge on any atom is -0.493 e. The van der Waals surface area contributed by atoms with Crippen molar-refractivity contribution in [3.8, 4) is 11.5 Å². The molecule has 2 rings (SSSR count). The van der Waals surface area contributed by atoms with Crippen LogP contribution in [0.2, 0.25) is 5.02 Å². The van der Waals surface area contributed by atoms with E-state index in [-0.39, 0.29) is 41.7 Å². The molecule has 0 unspecified atom stereocenters. The molecule has 0 N–H and O–H groups in total. The van der Waals surface area contributed by atoms with Crippen molar-refractivity contribution in [2.24, 2.45) is 0 Å². The third-order valence-electron chi connectivity index (χ3n) is 3.53. The molecular weight excluding hydrogens is 366 g/mol. The average molecular weight is 379 g/mol. The molecule has 0 aromatic heterocycles. The summed E-state index contributed by atoms with van der Waals surface area (Å²) in [5.41, 5.74) is -0.0267. The Morgan fingerprint density at radius 1 is 1.25 bits per heavy atom. The number of hydrogen-bond acceptors (Lipinski definition) is 5. The fourth-order valence-electron chi connectivity index (χ4n) is 2.29. The Bertz CT molecular complexity index is 713. The summed E-state index contributed by atoms with van der Waals surface area (Å²) in [7, 11) is 2.67. The van der Waals surface area contributed by atoms with Gasteiger partial charge < -0.3 is 14.4 Å². The maximum Gasteiger partial charge on any atom is 0.323 e. The van der Waals surface area contributed by atoms with Crippen LogP contribution < -0.4 is 9.47 Å². The number of nitrogens with zero attached hydrogens (tertiary/aromatic N) is 2. The number of benzene rings is 1. The molecular formula is C14H13Cl2FN2O5. The minimum absolute atomic E-state index is 0.00709. The summed E-state index contributed by atoms with van der Waals surface area (Å²) in [6, 6.07) is 1.07. The number of imide groups is 1. The fraction of sp³-hybridized carbons (Fsp3) is 0.357. The van der Waals surface area contributed by atoms with Crippen LogP contribution in [0, 0.1) is 5.82 Å². The van der Waals surface area contributed by atoms with Crippen molar-refractivity contribution >= 4 is 40.4 Å². The van der Waals surface area contributed by atoms with Crippen LogP contribution >= 0.6 is 23.2 Å². The normalized spacial score (nSPS) is 14.9. The van der Waals surface area contributed by atoms with Gasteiger partial charge in [0.1, 0.15) is 5.82 Å². The first-order valence-corrected chi connectivity index (χ1v) is 7.46. The lowest BCUT2D eigenvalue weighted by Crippen LogP contribution is -2.54. The molecule has 24 heavy (non-hydrogen) atoms. The van der Waals surface area contributed by atoms with Gasteiger partial charge in [0.25, 0.3) is 0 Å². The van der Waals surface area contributed by atoms with Crippen LogP contribution in [0.15, 0.2) is 6.07 Å². The quantitative estimate of drug-likeness (QED) is 0.455. The zero-order chi connectivity index (χ0) is 18.0. The molecule has 1 fully saturated rings. The zero-order valence-corrected chi connectivity index (χ0v) is 14.3. The van der Waals surface area contributed by atoms with Crippen molar-refractivity contribution in [1.29, 1.82) is 0 Å². The maximum atomic E-state index is 14.3. The van der Waals surface area contributed by atoms with Gasteiger partial charge >= 0.3 is 17.2 Å². The van der Waals surface area contributed by atoms with Gasteiger partial charge in [-0.15, -0.1) is 0 Å². The van der Waals surface area contributed by atoms with Crippen molar-refractivity contribution in [3.05, 3.63) is 22.5 Å². The van der Waals surface area contributed by atoms with Crippen LogP contribution in [0.1, 0.15) is 5.56 Å². The molecule has 130 valence electrons. The van der Waals surface area contributed by atoms with Crippen molar-refractivity contribution in [2.75, 3.05) is 27.3 Å². The minimum atomic E-state index is -1.07. The summed E-state index contributed by atoms with van der Waals surface area (Å²) in [6.07, 6.45) is 0. The second-order valence-electron chi connectivity index (χ2n) is 4.82. The van der Waals surface area contributed by atoms with Crippen LogP contribution in [0.4, 0.5) is 9.18 Å². The van der Waals surface area contributed by atoms with Crippen LogP contribution in [0.3, 0.4) is 0 Å². The average Bonchev–Trinajstić information content (AvgIpc) is 2.54. The van der Waals surface area contributed by atoms with Gasteiger partial charge in [0, 0.05) is 24.7 Å². The number of methoxy groups -OCH3 is 2. The monoisotopic (exact) mass is 378 g/mol. The van der Waals surface area contributed by atoms with E-state index in [4.69, 9.17) is 32.7 Å². The number of carbonyl (C=O) groups excluding carboxylic acids is 3. The Morgan fingerprint density at radius 3 is 2.46 bits per heavy atom. The first kappa shape index (κ1) is 18.3. The van der Waals surface area contributed by atoms with Crippen LogP contribution in [-0.4, -0.2) is 54.3 Å². The molecule has 1 heterocycles. The number of halogens is 3. The second-order valence-corrected chi connectivity index (χ2v) is 5.52. The summed E-state index contributed by atoms with van der Waals surface area (Å²) >= 11 is 11.4. The summed E-state index contributed by atoms with van der Waals surface area (Å²) in [6.45, 7) is -0.341. The van der Waals surface area contributed by atoms with Gasteiger partial charge in [0.15, 0.2) is 11.5 Å². The Labute approximate surface area is 146 Å². The third kappa shape index (κ3) is 3.25. The highest BCUT2D eigenvalue weighted by molar-refractivity contribution is 6.65. The van der Waals surface area contributed by atoms with Gasteiger partial charge in [-0.1, -0.05) is 11.6 Å². The smallest absolute Gasteiger partial charge is 0.323 e. The van der Waals surface area contributed by atoms with E-state index in [0.29, 0.717) is 4.90 Å². The van der Waals surface area contributed by atoms with Gasteiger partial charge in [-0.3, -0.25) is 19.3 Å². The lowest BCUT2D eigenvalue weighted by molar-refractivity contribution is -0.153. The van der Waals surface area contributed by atoms with Gasteiger partial charge in [0.05, 0.1) is 25.8 Å². The predicted molar refractivity (Wildman–Crippen MR) is 82.9 cm³/mol. The molecule has 10 heteroatoms. The first-order chi connectivity index (χ1) is 11.3. The molecule has 3 amide bonds. The maximum absolute atomic E-state index is 14.3. The lowest BCUT2D eigenvalue weighted by Gasteiger charge is -2.31. The van der Waals surface area contributed by atoms with Crippen molar-refractivity contribution in [3.63, 3.8) is 0 Å². The highest BCUT2D eigenvalue weighted by Gasteiger charge is 2.36. The highest BCUT2D eigenvalue weighted by atomic mass is 35.5. The van der Waals surface area contributed by atoms with Crippen molar-refractivity contribution in [1.82, 2.24) is 9.80 Å². The van der Waals surface area contributed by atoms with Crippen molar-refractivity contribution < 1.29 is 28.2 Å². The Hall–Kier alpha value is -2.06. The Balaban J connectivity index is 2.31. The third-order valence-corrected chi connectivity index (χ3v) is 4.13. The summed E-state index contributed by atoms with van der Waals surface area (Å²) in [4.78, 5) is 36.6. The molecule has 1 aliphatic rings. The molecule has 1 aromatic rings. The number of ether oxygens (including phenoxy) is 2. The van der Waals surface area contributed by atoms with Gasteiger partial charge in [-0.25, -0.2) is 4.39 Å². The number of piperazine rings is 1. The van der Waals surface area contributed by atoms with Crippen molar-refractivity contribution in [2.45, 2.75) is 6.54 Å². The molecule has 0 spiro atoms. The summed E-state index contributed by atoms with van der Waals surface area (Å²) in [5.74, 6) is -2.54. The SMILES string of the molecule is COc1cc(F)c(CN2CCN(C(=O)Cl)C(=O)C2=O)c(Cl)c1OC. The Morgan fingerprint density at radius 2 is 1.92 bits per heavy atom. The molecule has 0 aliphatic carbocycles. The molecule has 0 saturated carbocycles. The van der Waals surface area contributed by atoms with Crippen LogP contribution in [-0.2, 0) is 16.1 Å². The molecule has 0 atom stereocenters. The molecule has 0 bridgehead atoms. The lowest BCUT2D eigenvalue weighted by atomic mass is 10.1. The van der Waals surface area contributed by atoms with E-state index >= 15 is 0 Å². The number of amides is 3. The van der Waals surface area contributed by atoms with E-state index in [1.807, 2.05) is 0 Å². The van der Waals surface area contributed by atoms with Gasteiger partial charge in [-0.2, -0.15) is 0 Å². The molecule has 1 saturated heterocycles. The second kappa shape index (κ2) is 7.23. The standard InChI is InChI=1S/C14H13Cl2FN2O5/c1-23-9-5-8(17)7(10(15)11(9)24-2)6-18-3-4-19(14(16)22)13(21)12(18)20/h5H,3-4,6H2,1-2H3. The number of carbonyl (C=O) groups is 3. The topological polar surface area (TPSA) is 76.2 Å². The van der Waals surface area contributed by atoms with Gasteiger partial charge in [0.2, 0.25) is 0 Å². The number of rotatable bonds is 4. The molecule has 7 nitrogen and oxygen atoms in total. The zero-order valence-electron chi connectivity index (χ0n) is 12.8. The van der Waals surface area contributed by atoms with E-state index in [1.54, 1.807) is 0 Å². The van der Waals surface area contributed by atoms with E-state index < -0.39 is 23.0 Å².